The van der Waals surface area contributed by atoms with Crippen molar-refractivity contribution in [2.75, 3.05) is 30.4 Å². The summed E-state index contributed by atoms with van der Waals surface area (Å²) in [5.74, 6) is -0.168. The third kappa shape index (κ3) is 3.65. The zero-order valence-corrected chi connectivity index (χ0v) is 13.2. The van der Waals surface area contributed by atoms with Crippen LogP contribution in [0.5, 0.6) is 0 Å². The van der Waals surface area contributed by atoms with Gasteiger partial charge in [-0.2, -0.15) is 5.10 Å². The molecule has 0 spiro atoms. The van der Waals surface area contributed by atoms with Crippen LogP contribution < -0.4 is 10.2 Å². The number of benzene rings is 1. The molecule has 22 heavy (non-hydrogen) atoms. The molecule has 0 aliphatic heterocycles. The van der Waals surface area contributed by atoms with Crippen LogP contribution in [0.3, 0.4) is 0 Å². The van der Waals surface area contributed by atoms with Crippen molar-refractivity contribution in [3.05, 3.63) is 41.7 Å². The normalized spacial score (nSPS) is 10.5. The number of carbonyl (C=O) groups excluding carboxylic acids is 1. The monoisotopic (exact) mass is 302 g/mol. The van der Waals surface area contributed by atoms with Gasteiger partial charge in [0.25, 0.3) is 5.91 Å². The van der Waals surface area contributed by atoms with Crippen LogP contribution in [0.15, 0.2) is 30.3 Å². The maximum absolute atomic E-state index is 12.3. The molecule has 1 aromatic heterocycles. The number of likely N-dealkylation sites (N-methyl/N-ethyl adjacent to an activating group) is 1. The van der Waals surface area contributed by atoms with Crippen molar-refractivity contribution in [2.24, 2.45) is 0 Å². The van der Waals surface area contributed by atoms with E-state index in [2.05, 4.69) is 10.4 Å². The van der Waals surface area contributed by atoms with E-state index in [4.69, 9.17) is 5.11 Å². The second-order valence-electron chi connectivity index (χ2n) is 5.13. The Labute approximate surface area is 130 Å². The molecule has 0 radical (unpaired) electrons. The first-order valence-electron chi connectivity index (χ1n) is 7.33. The van der Waals surface area contributed by atoms with Gasteiger partial charge in [-0.1, -0.05) is 0 Å². The Morgan fingerprint density at radius 2 is 2.05 bits per heavy atom. The van der Waals surface area contributed by atoms with Gasteiger partial charge in [-0.25, -0.2) is 0 Å². The van der Waals surface area contributed by atoms with Gasteiger partial charge in [0.15, 0.2) is 0 Å². The maximum Gasteiger partial charge on any atom is 0.273 e. The number of carbonyl (C=O) groups is 1. The van der Waals surface area contributed by atoms with Gasteiger partial charge in [0.05, 0.1) is 12.3 Å². The molecule has 2 N–H and O–H groups in total. The van der Waals surface area contributed by atoms with Crippen molar-refractivity contribution in [1.29, 1.82) is 0 Å². The van der Waals surface area contributed by atoms with Gasteiger partial charge in [-0.3, -0.25) is 9.48 Å². The lowest BCUT2D eigenvalue weighted by molar-refractivity contribution is 0.101. The summed E-state index contributed by atoms with van der Waals surface area (Å²) in [6, 6.07) is 9.30. The summed E-state index contributed by atoms with van der Waals surface area (Å²) in [6.07, 6.45) is 0. The zero-order valence-electron chi connectivity index (χ0n) is 13.2. The topological polar surface area (TPSA) is 70.4 Å². The van der Waals surface area contributed by atoms with Crippen LogP contribution in [0.1, 0.15) is 23.1 Å². The lowest BCUT2D eigenvalue weighted by Crippen LogP contribution is -2.21. The second kappa shape index (κ2) is 7.09. The van der Waals surface area contributed by atoms with Crippen LogP contribution in [-0.2, 0) is 6.54 Å². The number of nitrogens with one attached hydrogen (secondary N) is 1. The minimum atomic E-state index is -0.168. The largest absolute Gasteiger partial charge is 0.395 e. The highest BCUT2D eigenvalue weighted by molar-refractivity contribution is 6.03. The van der Waals surface area contributed by atoms with E-state index in [1.54, 1.807) is 10.7 Å². The number of hydrogen-bond acceptors (Lipinski definition) is 4. The molecule has 118 valence electrons. The summed E-state index contributed by atoms with van der Waals surface area (Å²) < 4.78 is 1.69. The molecular weight excluding hydrogens is 280 g/mol. The van der Waals surface area contributed by atoms with Gasteiger partial charge >= 0.3 is 0 Å². The molecule has 1 amide bonds. The van der Waals surface area contributed by atoms with Crippen molar-refractivity contribution in [2.45, 2.75) is 20.4 Å². The van der Waals surface area contributed by atoms with Crippen LogP contribution in [0.25, 0.3) is 0 Å². The Kier molecular flexibility index (Phi) is 5.16. The van der Waals surface area contributed by atoms with E-state index in [1.165, 1.54) is 0 Å². The Morgan fingerprint density at radius 3 is 2.64 bits per heavy atom. The standard InChI is InChI=1S/C16H22N4O2/c1-4-20-15(11-12(2)18-20)16(22)17-13-5-7-14(8-6-13)19(3)9-10-21/h5-8,11,21H,4,9-10H2,1-3H3,(H,17,22). The lowest BCUT2D eigenvalue weighted by Gasteiger charge is -2.18. The fraction of sp³-hybridized carbons (Fsp3) is 0.375. The Balaban J connectivity index is 2.08. The summed E-state index contributed by atoms with van der Waals surface area (Å²) >= 11 is 0. The summed E-state index contributed by atoms with van der Waals surface area (Å²) in [4.78, 5) is 14.3. The Bertz CT molecular complexity index is 634. The molecule has 0 aliphatic carbocycles. The van der Waals surface area contributed by atoms with E-state index in [9.17, 15) is 4.79 Å². The van der Waals surface area contributed by atoms with Crippen LogP contribution in [0.4, 0.5) is 11.4 Å². The first-order valence-corrected chi connectivity index (χ1v) is 7.33. The van der Waals surface area contributed by atoms with E-state index in [0.717, 1.165) is 17.1 Å². The predicted molar refractivity (Wildman–Crippen MR) is 87.4 cm³/mol. The number of aromatic nitrogens is 2. The number of aliphatic hydroxyl groups excluding tert-OH is 1. The molecule has 2 rings (SSSR count). The second-order valence-corrected chi connectivity index (χ2v) is 5.13. The minimum Gasteiger partial charge on any atom is -0.395 e. The van der Waals surface area contributed by atoms with E-state index in [-0.39, 0.29) is 12.5 Å². The number of rotatable bonds is 6. The predicted octanol–water partition coefficient (Wildman–Crippen LogP) is 1.89. The van der Waals surface area contributed by atoms with Crippen molar-refractivity contribution in [3.8, 4) is 0 Å². The van der Waals surface area contributed by atoms with Crippen molar-refractivity contribution in [1.82, 2.24) is 9.78 Å². The fourth-order valence-corrected chi connectivity index (χ4v) is 2.24. The first-order chi connectivity index (χ1) is 10.5. The van der Waals surface area contributed by atoms with Gasteiger partial charge in [-0.15, -0.1) is 0 Å². The highest BCUT2D eigenvalue weighted by atomic mass is 16.3. The van der Waals surface area contributed by atoms with Gasteiger partial charge in [0, 0.05) is 31.5 Å². The Hall–Kier alpha value is -2.34. The van der Waals surface area contributed by atoms with Crippen LogP contribution in [-0.4, -0.2) is 41.0 Å². The molecule has 2 aromatic rings. The van der Waals surface area contributed by atoms with E-state index < -0.39 is 0 Å². The average Bonchev–Trinajstić information content (AvgIpc) is 2.89. The maximum atomic E-state index is 12.3. The summed E-state index contributed by atoms with van der Waals surface area (Å²) in [6.45, 7) is 5.15. The summed E-state index contributed by atoms with van der Waals surface area (Å²) in [5.41, 5.74) is 3.10. The molecule has 0 saturated heterocycles. The summed E-state index contributed by atoms with van der Waals surface area (Å²) in [7, 11) is 1.91. The smallest absolute Gasteiger partial charge is 0.273 e. The first kappa shape index (κ1) is 16.0. The number of aliphatic hydroxyl groups is 1. The highest BCUT2D eigenvalue weighted by Crippen LogP contribution is 2.17. The molecule has 0 atom stereocenters. The van der Waals surface area contributed by atoms with Gasteiger partial charge in [0.2, 0.25) is 0 Å². The van der Waals surface area contributed by atoms with Gasteiger partial charge < -0.3 is 15.3 Å². The van der Waals surface area contributed by atoms with Crippen molar-refractivity contribution in [3.63, 3.8) is 0 Å². The highest BCUT2D eigenvalue weighted by Gasteiger charge is 2.13. The average molecular weight is 302 g/mol. The lowest BCUT2D eigenvalue weighted by atomic mass is 10.2. The quantitative estimate of drug-likeness (QED) is 0.855. The van der Waals surface area contributed by atoms with Crippen LogP contribution in [0.2, 0.25) is 0 Å². The SMILES string of the molecule is CCn1nc(C)cc1C(=O)Nc1ccc(N(C)CCO)cc1. The van der Waals surface area contributed by atoms with E-state index in [1.807, 2.05) is 50.1 Å². The molecule has 1 aromatic carbocycles. The van der Waals surface area contributed by atoms with Gasteiger partial charge in [-0.05, 0) is 44.2 Å². The molecule has 1 heterocycles. The van der Waals surface area contributed by atoms with Gasteiger partial charge in [0.1, 0.15) is 5.69 Å². The molecule has 0 unspecified atom stereocenters. The van der Waals surface area contributed by atoms with Crippen LogP contribution in [0, 0.1) is 6.92 Å². The number of hydrogen-bond donors (Lipinski definition) is 2. The summed E-state index contributed by atoms with van der Waals surface area (Å²) in [5, 5.41) is 16.1. The fourth-order valence-electron chi connectivity index (χ4n) is 2.24. The van der Waals surface area contributed by atoms with E-state index >= 15 is 0 Å². The van der Waals surface area contributed by atoms with E-state index in [0.29, 0.717) is 18.8 Å². The molecule has 0 fully saturated rings. The van der Waals surface area contributed by atoms with Crippen LogP contribution >= 0.6 is 0 Å². The molecule has 0 aliphatic rings. The molecule has 0 bridgehead atoms. The van der Waals surface area contributed by atoms with Crippen molar-refractivity contribution < 1.29 is 9.90 Å². The number of nitrogens with zero attached hydrogens (tertiary/aromatic N) is 3. The molecule has 0 saturated carbocycles. The molecule has 6 heteroatoms. The Morgan fingerprint density at radius 1 is 1.36 bits per heavy atom. The number of anilines is 2. The molecule has 6 nitrogen and oxygen atoms in total. The van der Waals surface area contributed by atoms with Crippen molar-refractivity contribution >= 4 is 17.3 Å². The third-order valence-electron chi connectivity index (χ3n) is 3.44. The minimum absolute atomic E-state index is 0.106. The third-order valence-corrected chi connectivity index (χ3v) is 3.44. The number of aryl methyl sites for hydroxylation is 2. The zero-order chi connectivity index (χ0) is 16.1. The number of amides is 1. The molecular formula is C16H22N4O2.